The topological polar surface area (TPSA) is 78.9 Å². The highest BCUT2D eigenvalue weighted by molar-refractivity contribution is 5.82. The molecule has 0 aliphatic carbocycles. The van der Waals surface area contributed by atoms with Crippen molar-refractivity contribution in [3.8, 4) is 0 Å². The molecule has 1 aliphatic heterocycles. The zero-order valence-electron chi connectivity index (χ0n) is 11.7. The number of rotatable bonds is 5. The Labute approximate surface area is 114 Å². The van der Waals surface area contributed by atoms with Gasteiger partial charge in [0.2, 0.25) is 0 Å². The van der Waals surface area contributed by atoms with Crippen LogP contribution in [0.2, 0.25) is 0 Å². The maximum atomic E-state index is 12.0. The summed E-state index contributed by atoms with van der Waals surface area (Å²) in [6, 6.07) is -1.00. The average Bonchev–Trinajstić information content (AvgIpc) is 2.59. The van der Waals surface area contributed by atoms with Crippen molar-refractivity contribution in [1.29, 1.82) is 0 Å². The van der Waals surface area contributed by atoms with Gasteiger partial charge in [-0.25, -0.2) is 9.59 Å². The van der Waals surface area contributed by atoms with Crippen LogP contribution in [-0.4, -0.2) is 53.8 Å². The van der Waals surface area contributed by atoms with Gasteiger partial charge in [0.15, 0.2) is 0 Å². The summed E-state index contributed by atoms with van der Waals surface area (Å²) >= 11 is 0. The van der Waals surface area contributed by atoms with E-state index in [-0.39, 0.29) is 12.1 Å². The number of carbonyl (C=O) groups is 2. The van der Waals surface area contributed by atoms with Gasteiger partial charge in [-0.2, -0.15) is 0 Å². The van der Waals surface area contributed by atoms with Gasteiger partial charge >= 0.3 is 12.0 Å². The minimum absolute atomic E-state index is 0.127. The Morgan fingerprint density at radius 1 is 1.37 bits per heavy atom. The van der Waals surface area contributed by atoms with Crippen LogP contribution in [-0.2, 0) is 9.53 Å². The molecule has 110 valence electrons. The summed E-state index contributed by atoms with van der Waals surface area (Å²) in [6.07, 6.45) is 3.36. The van der Waals surface area contributed by atoms with Gasteiger partial charge in [0.25, 0.3) is 0 Å². The Morgan fingerprint density at radius 2 is 2.11 bits per heavy atom. The van der Waals surface area contributed by atoms with Crippen LogP contribution in [0.4, 0.5) is 4.79 Å². The van der Waals surface area contributed by atoms with Crippen molar-refractivity contribution < 1.29 is 19.4 Å². The SMILES string of the molecule is CC(C)OCCNC(=O)N1CCCCCC1C(=O)O. The zero-order valence-corrected chi connectivity index (χ0v) is 11.7. The molecule has 0 aromatic rings. The zero-order chi connectivity index (χ0) is 14.3. The molecule has 1 fully saturated rings. The number of carboxylic acid groups (broad SMARTS) is 1. The van der Waals surface area contributed by atoms with E-state index in [1.807, 2.05) is 13.8 Å². The highest BCUT2D eigenvalue weighted by Crippen LogP contribution is 2.17. The number of nitrogens with one attached hydrogen (secondary N) is 1. The molecule has 2 amide bonds. The predicted octanol–water partition coefficient (Wildman–Crippen LogP) is 1.45. The number of carbonyl (C=O) groups excluding carboxylic acids is 1. The summed E-state index contributed by atoms with van der Waals surface area (Å²) in [5, 5.41) is 11.9. The fraction of sp³-hybridized carbons (Fsp3) is 0.846. The number of carboxylic acids is 1. The number of urea groups is 1. The number of nitrogens with zero attached hydrogens (tertiary/aromatic N) is 1. The molecule has 1 saturated heterocycles. The minimum Gasteiger partial charge on any atom is -0.480 e. The molecular formula is C13H24N2O4. The van der Waals surface area contributed by atoms with Crippen molar-refractivity contribution in [2.24, 2.45) is 0 Å². The van der Waals surface area contributed by atoms with E-state index in [0.29, 0.717) is 26.1 Å². The number of hydrogen-bond acceptors (Lipinski definition) is 3. The Hall–Kier alpha value is -1.30. The smallest absolute Gasteiger partial charge is 0.326 e. The van der Waals surface area contributed by atoms with Gasteiger partial charge in [-0.3, -0.25) is 0 Å². The highest BCUT2D eigenvalue weighted by Gasteiger charge is 2.30. The molecule has 2 N–H and O–H groups in total. The minimum atomic E-state index is -0.921. The molecule has 1 unspecified atom stereocenters. The van der Waals surface area contributed by atoms with Crippen LogP contribution in [0.3, 0.4) is 0 Å². The summed E-state index contributed by atoms with van der Waals surface area (Å²) in [7, 11) is 0. The molecule has 0 saturated carbocycles. The summed E-state index contributed by atoms with van der Waals surface area (Å²) in [5.74, 6) is -0.921. The first kappa shape index (κ1) is 15.8. The lowest BCUT2D eigenvalue weighted by Gasteiger charge is -2.27. The quantitative estimate of drug-likeness (QED) is 0.742. The van der Waals surface area contributed by atoms with Crippen LogP contribution < -0.4 is 5.32 Å². The summed E-state index contributed by atoms with van der Waals surface area (Å²) in [6.45, 7) is 5.21. The van der Waals surface area contributed by atoms with Crippen LogP contribution in [0.1, 0.15) is 39.5 Å². The van der Waals surface area contributed by atoms with Crippen molar-refractivity contribution in [3.05, 3.63) is 0 Å². The van der Waals surface area contributed by atoms with E-state index >= 15 is 0 Å². The molecule has 0 aromatic carbocycles. The first-order chi connectivity index (χ1) is 9.02. The normalized spacial score (nSPS) is 20.2. The molecular weight excluding hydrogens is 248 g/mol. The van der Waals surface area contributed by atoms with Gasteiger partial charge in [-0.05, 0) is 26.7 Å². The first-order valence-corrected chi connectivity index (χ1v) is 6.91. The number of hydrogen-bond donors (Lipinski definition) is 2. The molecule has 1 atom stereocenters. The van der Waals surface area contributed by atoms with Crippen LogP contribution in [0, 0.1) is 0 Å². The molecule has 1 aliphatic rings. The third kappa shape index (κ3) is 5.46. The Kier molecular flexibility index (Phi) is 6.62. The van der Waals surface area contributed by atoms with Gasteiger partial charge in [0.05, 0.1) is 12.7 Å². The summed E-state index contributed by atoms with van der Waals surface area (Å²) in [5.41, 5.74) is 0. The van der Waals surface area contributed by atoms with Crippen molar-refractivity contribution in [1.82, 2.24) is 10.2 Å². The van der Waals surface area contributed by atoms with E-state index in [4.69, 9.17) is 4.74 Å². The number of amides is 2. The highest BCUT2D eigenvalue weighted by atomic mass is 16.5. The number of ether oxygens (including phenoxy) is 1. The van der Waals surface area contributed by atoms with Gasteiger partial charge in [0, 0.05) is 13.1 Å². The second-order valence-electron chi connectivity index (χ2n) is 5.05. The Morgan fingerprint density at radius 3 is 2.74 bits per heavy atom. The van der Waals surface area contributed by atoms with Crippen LogP contribution >= 0.6 is 0 Å². The molecule has 1 heterocycles. The van der Waals surface area contributed by atoms with Crippen LogP contribution in [0.25, 0.3) is 0 Å². The lowest BCUT2D eigenvalue weighted by molar-refractivity contribution is -0.142. The molecule has 1 rings (SSSR count). The van der Waals surface area contributed by atoms with Crippen LogP contribution in [0.5, 0.6) is 0 Å². The van der Waals surface area contributed by atoms with Crippen molar-refractivity contribution in [2.45, 2.75) is 51.7 Å². The summed E-state index contributed by atoms with van der Waals surface area (Å²) in [4.78, 5) is 24.6. The maximum absolute atomic E-state index is 12.0. The molecule has 6 heteroatoms. The molecule has 19 heavy (non-hydrogen) atoms. The van der Waals surface area contributed by atoms with E-state index in [9.17, 15) is 14.7 Å². The third-order valence-electron chi connectivity index (χ3n) is 3.13. The van der Waals surface area contributed by atoms with Gasteiger partial charge in [-0.15, -0.1) is 0 Å². The second-order valence-corrected chi connectivity index (χ2v) is 5.05. The fourth-order valence-electron chi connectivity index (χ4n) is 2.16. The Bertz CT molecular complexity index is 307. The van der Waals surface area contributed by atoms with Crippen LogP contribution in [0.15, 0.2) is 0 Å². The molecule has 0 bridgehead atoms. The first-order valence-electron chi connectivity index (χ1n) is 6.91. The van der Waals surface area contributed by atoms with Gasteiger partial charge in [0.1, 0.15) is 6.04 Å². The van der Waals surface area contributed by atoms with Crippen molar-refractivity contribution >= 4 is 12.0 Å². The third-order valence-corrected chi connectivity index (χ3v) is 3.13. The van der Waals surface area contributed by atoms with E-state index in [2.05, 4.69) is 5.32 Å². The number of likely N-dealkylation sites (tertiary alicyclic amines) is 1. The monoisotopic (exact) mass is 272 g/mol. The fourth-order valence-corrected chi connectivity index (χ4v) is 2.16. The molecule has 0 aromatic heterocycles. The average molecular weight is 272 g/mol. The van der Waals surface area contributed by atoms with Crippen molar-refractivity contribution in [3.63, 3.8) is 0 Å². The lowest BCUT2D eigenvalue weighted by atomic mass is 10.1. The molecule has 0 spiro atoms. The maximum Gasteiger partial charge on any atom is 0.326 e. The Balaban J connectivity index is 2.44. The summed E-state index contributed by atoms with van der Waals surface area (Å²) < 4.78 is 5.33. The van der Waals surface area contributed by atoms with E-state index in [0.717, 1.165) is 19.3 Å². The van der Waals surface area contributed by atoms with Crippen molar-refractivity contribution in [2.75, 3.05) is 19.7 Å². The number of aliphatic carboxylic acids is 1. The molecule has 0 radical (unpaired) electrons. The second kappa shape index (κ2) is 7.99. The van der Waals surface area contributed by atoms with Gasteiger partial charge < -0.3 is 20.1 Å². The standard InChI is InChI=1S/C13H24N2O4/c1-10(2)19-9-7-14-13(18)15-8-5-3-4-6-11(15)12(16)17/h10-11H,3-9H2,1-2H3,(H,14,18)(H,16,17). The lowest BCUT2D eigenvalue weighted by Crippen LogP contribution is -2.49. The van der Waals surface area contributed by atoms with E-state index < -0.39 is 12.0 Å². The van der Waals surface area contributed by atoms with E-state index in [1.165, 1.54) is 4.90 Å². The van der Waals surface area contributed by atoms with Gasteiger partial charge in [-0.1, -0.05) is 12.8 Å². The largest absolute Gasteiger partial charge is 0.480 e. The molecule has 6 nitrogen and oxygen atoms in total. The van der Waals surface area contributed by atoms with E-state index in [1.54, 1.807) is 0 Å². The predicted molar refractivity (Wildman–Crippen MR) is 71.1 cm³/mol.